The number of esters is 1. The quantitative estimate of drug-likeness (QED) is 0.461. The van der Waals surface area contributed by atoms with Crippen LogP contribution in [-0.4, -0.2) is 34.7 Å². The molecule has 6 nitrogen and oxygen atoms in total. The van der Waals surface area contributed by atoms with E-state index in [1.165, 1.54) is 19.2 Å². The van der Waals surface area contributed by atoms with Gasteiger partial charge in [-0.1, -0.05) is 23.9 Å². The van der Waals surface area contributed by atoms with Gasteiger partial charge in [0.15, 0.2) is 10.9 Å². The number of para-hydroxylation sites is 1. The standard InChI is InChI=1S/C18H16F3N3O3S/c1-27-16(26)11-5-2-3-7-13(11)22-14(25)9-28-17-23-12-8-4-6-10(12)15(24-17)18(19,20)21/h2-3,5,7H,4,6,8-9H2,1H3,(H,22,25). The molecule has 0 saturated heterocycles. The third-order valence-electron chi connectivity index (χ3n) is 4.12. The van der Waals surface area contributed by atoms with E-state index >= 15 is 0 Å². The summed E-state index contributed by atoms with van der Waals surface area (Å²) in [7, 11) is 1.22. The smallest absolute Gasteiger partial charge is 0.433 e. The first kappa shape index (κ1) is 20.1. The minimum absolute atomic E-state index is 0.0932. The summed E-state index contributed by atoms with van der Waals surface area (Å²) in [4.78, 5) is 31.7. The van der Waals surface area contributed by atoms with Crippen molar-refractivity contribution in [1.29, 1.82) is 0 Å². The van der Waals surface area contributed by atoms with Crippen molar-refractivity contribution < 1.29 is 27.5 Å². The van der Waals surface area contributed by atoms with Gasteiger partial charge in [-0.15, -0.1) is 0 Å². The third kappa shape index (κ3) is 4.44. The summed E-state index contributed by atoms with van der Waals surface area (Å²) in [6.45, 7) is 0. The zero-order chi connectivity index (χ0) is 20.3. The highest BCUT2D eigenvalue weighted by Gasteiger charge is 2.38. The van der Waals surface area contributed by atoms with Crippen LogP contribution in [0.25, 0.3) is 0 Å². The second-order valence-corrected chi connectivity index (χ2v) is 6.95. The zero-order valence-electron chi connectivity index (χ0n) is 14.8. The number of nitrogens with one attached hydrogen (secondary N) is 1. The first-order valence-corrected chi connectivity index (χ1v) is 9.35. The van der Waals surface area contributed by atoms with E-state index in [4.69, 9.17) is 0 Å². The number of hydrogen-bond acceptors (Lipinski definition) is 6. The van der Waals surface area contributed by atoms with Crippen LogP contribution in [0.15, 0.2) is 29.4 Å². The molecule has 1 N–H and O–H groups in total. The number of amides is 1. The highest BCUT2D eigenvalue weighted by Crippen LogP contribution is 2.36. The van der Waals surface area contributed by atoms with Gasteiger partial charge in [-0.2, -0.15) is 13.2 Å². The van der Waals surface area contributed by atoms with E-state index in [2.05, 4.69) is 20.0 Å². The van der Waals surface area contributed by atoms with Gasteiger partial charge in [0.05, 0.1) is 24.1 Å². The number of hydrogen-bond donors (Lipinski definition) is 1. The summed E-state index contributed by atoms with van der Waals surface area (Å²) < 4.78 is 44.4. The van der Waals surface area contributed by atoms with Crippen LogP contribution in [-0.2, 0) is 28.5 Å². The molecule has 0 saturated carbocycles. The van der Waals surface area contributed by atoms with Gasteiger partial charge in [-0.05, 0) is 31.4 Å². The second kappa shape index (κ2) is 8.17. The molecule has 0 radical (unpaired) electrons. The Bertz CT molecular complexity index is 919. The van der Waals surface area contributed by atoms with Gasteiger partial charge in [-0.3, -0.25) is 4.79 Å². The number of halogens is 3. The molecule has 0 spiro atoms. The van der Waals surface area contributed by atoms with Crippen molar-refractivity contribution in [1.82, 2.24) is 9.97 Å². The fraction of sp³-hybridized carbons (Fsp3) is 0.333. The summed E-state index contributed by atoms with van der Waals surface area (Å²) in [5, 5.41) is 2.46. The van der Waals surface area contributed by atoms with Crippen molar-refractivity contribution >= 4 is 29.3 Å². The molecule has 1 amide bonds. The third-order valence-corrected chi connectivity index (χ3v) is 4.97. The van der Waals surface area contributed by atoms with E-state index < -0.39 is 23.7 Å². The number of methoxy groups -OCH3 is 1. The number of thioether (sulfide) groups is 1. The second-order valence-electron chi connectivity index (χ2n) is 6.01. The van der Waals surface area contributed by atoms with Crippen LogP contribution in [0.1, 0.15) is 33.7 Å². The molecule has 0 atom stereocenters. The number of aromatic nitrogens is 2. The van der Waals surface area contributed by atoms with Crippen molar-refractivity contribution in [2.75, 3.05) is 18.2 Å². The van der Waals surface area contributed by atoms with E-state index in [1.807, 2.05) is 0 Å². The van der Waals surface area contributed by atoms with Crippen molar-refractivity contribution in [2.45, 2.75) is 30.6 Å². The van der Waals surface area contributed by atoms with Gasteiger partial charge < -0.3 is 10.1 Å². The number of ether oxygens (including phenoxy) is 1. The minimum Gasteiger partial charge on any atom is -0.465 e. The van der Waals surface area contributed by atoms with Gasteiger partial charge in [-0.25, -0.2) is 14.8 Å². The number of anilines is 1. The zero-order valence-corrected chi connectivity index (χ0v) is 15.6. The van der Waals surface area contributed by atoms with E-state index in [9.17, 15) is 22.8 Å². The maximum Gasteiger partial charge on any atom is 0.433 e. The molecule has 1 aromatic carbocycles. The molecule has 1 heterocycles. The molecule has 3 rings (SSSR count). The molecule has 148 valence electrons. The number of fused-ring (bicyclic) bond motifs is 1. The Morgan fingerprint density at radius 3 is 2.68 bits per heavy atom. The highest BCUT2D eigenvalue weighted by atomic mass is 32.2. The normalized spacial score (nSPS) is 13.1. The molecule has 0 bridgehead atoms. The lowest BCUT2D eigenvalue weighted by Crippen LogP contribution is -2.18. The van der Waals surface area contributed by atoms with Crippen LogP contribution in [0, 0.1) is 0 Å². The fourth-order valence-electron chi connectivity index (χ4n) is 2.91. The van der Waals surface area contributed by atoms with Crippen molar-refractivity contribution in [3.8, 4) is 0 Å². The van der Waals surface area contributed by atoms with E-state index in [-0.39, 0.29) is 27.7 Å². The lowest BCUT2D eigenvalue weighted by Gasteiger charge is -2.12. The monoisotopic (exact) mass is 411 g/mol. The first-order valence-electron chi connectivity index (χ1n) is 8.36. The number of alkyl halides is 3. The summed E-state index contributed by atoms with van der Waals surface area (Å²) in [6, 6.07) is 6.28. The molecule has 0 unspecified atom stereocenters. The Hall–Kier alpha value is -2.62. The largest absolute Gasteiger partial charge is 0.465 e. The molecule has 2 aromatic rings. The number of carbonyl (C=O) groups is 2. The van der Waals surface area contributed by atoms with Gasteiger partial charge in [0.25, 0.3) is 0 Å². The van der Waals surface area contributed by atoms with Crippen molar-refractivity contribution in [2.24, 2.45) is 0 Å². The van der Waals surface area contributed by atoms with Crippen molar-refractivity contribution in [3.05, 3.63) is 46.8 Å². The first-order chi connectivity index (χ1) is 13.3. The van der Waals surface area contributed by atoms with Gasteiger partial charge >= 0.3 is 12.1 Å². The SMILES string of the molecule is COC(=O)c1ccccc1NC(=O)CSc1nc2c(c(C(F)(F)F)n1)CCC2. The molecule has 10 heteroatoms. The lowest BCUT2D eigenvalue weighted by molar-refractivity contribution is -0.142. The number of carbonyl (C=O) groups excluding carboxylic acids is 2. The molecule has 0 aliphatic heterocycles. The van der Waals surface area contributed by atoms with Gasteiger partial charge in [0, 0.05) is 11.3 Å². The Morgan fingerprint density at radius 1 is 1.21 bits per heavy atom. The predicted octanol–water partition coefficient (Wildman–Crippen LogP) is 3.50. The number of aryl methyl sites for hydroxylation is 1. The van der Waals surface area contributed by atoms with E-state index in [0.717, 1.165) is 11.8 Å². The Labute approximate surface area is 162 Å². The highest BCUT2D eigenvalue weighted by molar-refractivity contribution is 7.99. The van der Waals surface area contributed by atoms with Crippen molar-refractivity contribution in [3.63, 3.8) is 0 Å². The molecule has 1 aromatic heterocycles. The average Bonchev–Trinajstić information content (AvgIpc) is 3.13. The van der Waals surface area contributed by atoms with E-state index in [0.29, 0.717) is 25.0 Å². The van der Waals surface area contributed by atoms with Crippen LogP contribution in [0.5, 0.6) is 0 Å². The minimum atomic E-state index is -4.56. The molecule has 1 aliphatic carbocycles. The van der Waals surface area contributed by atoms with Gasteiger partial charge in [0.2, 0.25) is 5.91 Å². The topological polar surface area (TPSA) is 81.2 Å². The molecular formula is C18H16F3N3O3S. The summed E-state index contributed by atoms with van der Waals surface area (Å²) in [5.74, 6) is -1.31. The van der Waals surface area contributed by atoms with Crippen LogP contribution in [0.2, 0.25) is 0 Å². The summed E-state index contributed by atoms with van der Waals surface area (Å²) in [5.41, 5.74) is 0.0470. The summed E-state index contributed by atoms with van der Waals surface area (Å²) >= 11 is 0.814. The lowest BCUT2D eigenvalue weighted by atomic mass is 10.2. The van der Waals surface area contributed by atoms with E-state index in [1.54, 1.807) is 12.1 Å². The Kier molecular flexibility index (Phi) is 5.87. The molecule has 1 aliphatic rings. The van der Waals surface area contributed by atoms with Gasteiger partial charge in [0.1, 0.15) is 0 Å². The number of benzene rings is 1. The maximum absolute atomic E-state index is 13.2. The molecular weight excluding hydrogens is 395 g/mol. The number of nitrogens with zero attached hydrogens (tertiary/aromatic N) is 2. The van der Waals surface area contributed by atoms with Crippen LogP contribution in [0.4, 0.5) is 18.9 Å². The average molecular weight is 411 g/mol. The van der Waals surface area contributed by atoms with Crippen LogP contribution in [0.3, 0.4) is 0 Å². The molecule has 28 heavy (non-hydrogen) atoms. The molecule has 0 fully saturated rings. The number of rotatable bonds is 5. The maximum atomic E-state index is 13.2. The van der Waals surface area contributed by atoms with Crippen LogP contribution < -0.4 is 5.32 Å². The fourth-order valence-corrected chi connectivity index (χ4v) is 3.57. The predicted molar refractivity (Wildman–Crippen MR) is 96.2 cm³/mol. The Morgan fingerprint density at radius 2 is 1.96 bits per heavy atom. The summed E-state index contributed by atoms with van der Waals surface area (Å²) in [6.07, 6.45) is -3.19. The Balaban J connectivity index is 1.72. The van der Waals surface area contributed by atoms with Crippen LogP contribution >= 0.6 is 11.8 Å².